The van der Waals surface area contributed by atoms with E-state index in [1.54, 1.807) is 18.7 Å². The fourth-order valence-electron chi connectivity index (χ4n) is 2.13. The van der Waals surface area contributed by atoms with Crippen molar-refractivity contribution in [2.24, 2.45) is 7.05 Å². The maximum Gasteiger partial charge on any atom is 0.250 e. The van der Waals surface area contributed by atoms with Crippen LogP contribution in [-0.4, -0.2) is 10.3 Å². The molecule has 2 aromatic rings. The van der Waals surface area contributed by atoms with Crippen molar-refractivity contribution in [1.82, 2.24) is 10.3 Å². The van der Waals surface area contributed by atoms with Gasteiger partial charge in [-0.1, -0.05) is 6.92 Å². The fourth-order valence-corrected chi connectivity index (χ4v) is 2.13. The number of aromatic nitrogens is 3. The zero-order valence-corrected chi connectivity index (χ0v) is 10.3. The summed E-state index contributed by atoms with van der Waals surface area (Å²) in [6.45, 7) is 4.98. The molecule has 3 nitrogen and oxygen atoms in total. The Hall–Kier alpha value is -1.65. The third-order valence-corrected chi connectivity index (χ3v) is 3.10. The van der Waals surface area contributed by atoms with Crippen LogP contribution in [0.5, 0.6) is 0 Å². The van der Waals surface area contributed by atoms with E-state index in [9.17, 15) is 8.78 Å². The van der Waals surface area contributed by atoms with Crippen molar-refractivity contribution < 1.29 is 13.5 Å². The first-order chi connectivity index (χ1) is 7.99. The van der Waals surface area contributed by atoms with Gasteiger partial charge < -0.3 is 0 Å². The first-order valence-corrected chi connectivity index (χ1v) is 5.48. The number of hydrogen-bond donors (Lipinski definition) is 0. The van der Waals surface area contributed by atoms with Crippen molar-refractivity contribution in [1.29, 1.82) is 0 Å². The van der Waals surface area contributed by atoms with Crippen molar-refractivity contribution in [3.63, 3.8) is 0 Å². The van der Waals surface area contributed by atoms with Gasteiger partial charge in [-0.15, -0.1) is 4.68 Å². The summed E-state index contributed by atoms with van der Waals surface area (Å²) in [6.07, 6.45) is 0.644. The van der Waals surface area contributed by atoms with E-state index < -0.39 is 11.6 Å². The second-order valence-corrected chi connectivity index (χ2v) is 4.11. The summed E-state index contributed by atoms with van der Waals surface area (Å²) in [5.74, 6) is -1.12. The number of fused-ring (bicyclic) bond motifs is 1. The number of rotatable bonds is 1. The van der Waals surface area contributed by atoms with E-state index in [2.05, 4.69) is 10.3 Å². The maximum absolute atomic E-state index is 13.9. The minimum absolute atomic E-state index is 0.000191. The molecular formula is C12H14F2N3+. The van der Waals surface area contributed by atoms with Gasteiger partial charge in [-0.25, -0.2) is 8.78 Å². The molecule has 5 heteroatoms. The van der Waals surface area contributed by atoms with Crippen molar-refractivity contribution in [2.45, 2.75) is 27.2 Å². The molecule has 0 bridgehead atoms. The Balaban J connectivity index is 3.06. The summed E-state index contributed by atoms with van der Waals surface area (Å²) in [4.78, 5) is 0. The smallest absolute Gasteiger partial charge is 0.206 e. The SMILES string of the molecule is CCc1c2c(C)c(F)c(C)c(F)c2nn[n+]1C. The van der Waals surface area contributed by atoms with E-state index >= 15 is 0 Å². The highest BCUT2D eigenvalue weighted by Crippen LogP contribution is 2.27. The number of halogens is 2. The molecule has 0 unspecified atom stereocenters. The van der Waals surface area contributed by atoms with Crippen LogP contribution >= 0.6 is 0 Å². The van der Waals surface area contributed by atoms with E-state index in [1.165, 1.54) is 6.92 Å². The van der Waals surface area contributed by atoms with E-state index in [0.717, 1.165) is 5.69 Å². The second kappa shape index (κ2) is 3.98. The van der Waals surface area contributed by atoms with Crippen LogP contribution in [0.25, 0.3) is 10.9 Å². The molecule has 90 valence electrons. The van der Waals surface area contributed by atoms with Crippen LogP contribution in [0.1, 0.15) is 23.7 Å². The van der Waals surface area contributed by atoms with E-state index in [1.807, 2.05) is 6.92 Å². The standard InChI is InChI=1S/C12H14F2N3/c1-5-8-9-6(2)10(13)7(3)11(14)12(9)15-16-17(8)4/h5H2,1-4H3/q+1. The van der Waals surface area contributed by atoms with Gasteiger partial charge in [0.2, 0.25) is 0 Å². The Morgan fingerprint density at radius 3 is 2.35 bits per heavy atom. The zero-order valence-electron chi connectivity index (χ0n) is 10.3. The van der Waals surface area contributed by atoms with Gasteiger partial charge in [-0.05, 0) is 13.8 Å². The van der Waals surface area contributed by atoms with Crippen LogP contribution in [0.4, 0.5) is 8.78 Å². The summed E-state index contributed by atoms with van der Waals surface area (Å²) in [5.41, 5.74) is 1.36. The van der Waals surface area contributed by atoms with Crippen LogP contribution in [0.15, 0.2) is 0 Å². The molecule has 1 aromatic carbocycles. The largest absolute Gasteiger partial charge is 0.250 e. The van der Waals surface area contributed by atoms with Gasteiger partial charge >= 0.3 is 0 Å². The monoisotopic (exact) mass is 238 g/mol. The average Bonchev–Trinajstić information content (AvgIpc) is 2.33. The van der Waals surface area contributed by atoms with E-state index in [-0.39, 0.29) is 11.1 Å². The lowest BCUT2D eigenvalue weighted by atomic mass is 10.0. The second-order valence-electron chi connectivity index (χ2n) is 4.11. The van der Waals surface area contributed by atoms with Crippen LogP contribution in [0, 0.1) is 25.5 Å². The van der Waals surface area contributed by atoms with Gasteiger partial charge in [0, 0.05) is 17.5 Å². The zero-order chi connectivity index (χ0) is 12.7. The van der Waals surface area contributed by atoms with Gasteiger partial charge in [0.25, 0.3) is 5.52 Å². The Bertz CT molecular complexity index is 609. The maximum atomic E-state index is 13.9. The number of hydrogen-bond acceptors (Lipinski definition) is 2. The summed E-state index contributed by atoms with van der Waals surface area (Å²) in [7, 11) is 1.72. The van der Waals surface area contributed by atoms with Gasteiger partial charge in [-0.3, -0.25) is 0 Å². The number of benzene rings is 1. The average molecular weight is 238 g/mol. The molecule has 0 saturated heterocycles. The molecule has 0 fully saturated rings. The normalized spacial score (nSPS) is 11.2. The highest BCUT2D eigenvalue weighted by Gasteiger charge is 2.24. The minimum Gasteiger partial charge on any atom is -0.206 e. The third-order valence-electron chi connectivity index (χ3n) is 3.10. The minimum atomic E-state index is -0.620. The molecule has 0 radical (unpaired) electrons. The fraction of sp³-hybridized carbons (Fsp3) is 0.417. The van der Waals surface area contributed by atoms with E-state index in [0.29, 0.717) is 17.4 Å². The van der Waals surface area contributed by atoms with Crippen LogP contribution in [0.2, 0.25) is 0 Å². The van der Waals surface area contributed by atoms with Gasteiger partial charge in [0.15, 0.2) is 5.82 Å². The summed E-state index contributed by atoms with van der Waals surface area (Å²) in [5, 5.41) is 8.21. The molecule has 0 aliphatic rings. The highest BCUT2D eigenvalue weighted by atomic mass is 19.1. The molecule has 17 heavy (non-hydrogen) atoms. The van der Waals surface area contributed by atoms with Gasteiger partial charge in [0.1, 0.15) is 23.8 Å². The Kier molecular flexibility index (Phi) is 2.77. The first kappa shape index (κ1) is 11.8. The molecule has 0 aliphatic heterocycles. The van der Waals surface area contributed by atoms with E-state index in [4.69, 9.17) is 0 Å². The van der Waals surface area contributed by atoms with Crippen molar-refractivity contribution in [3.05, 3.63) is 28.5 Å². The van der Waals surface area contributed by atoms with Crippen molar-refractivity contribution in [2.75, 3.05) is 0 Å². The molecule has 2 rings (SSSR count). The highest BCUT2D eigenvalue weighted by molar-refractivity contribution is 5.84. The lowest BCUT2D eigenvalue weighted by Gasteiger charge is -2.07. The van der Waals surface area contributed by atoms with Gasteiger partial charge in [0.05, 0.1) is 10.5 Å². The Morgan fingerprint density at radius 1 is 1.12 bits per heavy atom. The molecule has 1 aromatic heterocycles. The quantitative estimate of drug-likeness (QED) is 0.710. The predicted molar refractivity (Wildman–Crippen MR) is 59.5 cm³/mol. The molecular weight excluding hydrogens is 224 g/mol. The number of aryl methyl sites for hydroxylation is 3. The summed E-state index contributed by atoms with van der Waals surface area (Å²) >= 11 is 0. The first-order valence-electron chi connectivity index (χ1n) is 5.48. The van der Waals surface area contributed by atoms with Gasteiger partial charge in [-0.2, -0.15) is 0 Å². The molecule has 0 atom stereocenters. The molecule has 0 amide bonds. The third kappa shape index (κ3) is 1.57. The summed E-state index contributed by atoms with van der Waals surface area (Å²) < 4.78 is 29.4. The Morgan fingerprint density at radius 2 is 1.76 bits per heavy atom. The van der Waals surface area contributed by atoms with Crippen LogP contribution in [0.3, 0.4) is 0 Å². The Labute approximate surface area is 98.1 Å². The molecule has 0 N–H and O–H groups in total. The summed E-state index contributed by atoms with van der Waals surface area (Å²) in [6, 6.07) is 0. The topological polar surface area (TPSA) is 29.7 Å². The number of nitrogens with zero attached hydrogens (tertiary/aromatic N) is 3. The van der Waals surface area contributed by atoms with Crippen LogP contribution in [-0.2, 0) is 13.5 Å². The molecule has 1 heterocycles. The van der Waals surface area contributed by atoms with Crippen molar-refractivity contribution in [3.8, 4) is 0 Å². The lowest BCUT2D eigenvalue weighted by Crippen LogP contribution is -2.39. The molecule has 0 spiro atoms. The lowest BCUT2D eigenvalue weighted by molar-refractivity contribution is -0.741. The molecule has 0 aliphatic carbocycles. The van der Waals surface area contributed by atoms with Crippen molar-refractivity contribution >= 4 is 10.9 Å². The predicted octanol–water partition coefficient (Wildman–Crippen LogP) is 1.91. The van der Waals surface area contributed by atoms with Crippen LogP contribution < -0.4 is 4.68 Å². The molecule has 0 saturated carbocycles.